The molecule has 2 aromatic heterocycles. The average Bonchev–Trinajstić information content (AvgIpc) is 3.24. The first-order valence-corrected chi connectivity index (χ1v) is 10.4. The molecule has 0 aliphatic heterocycles. The Kier molecular flexibility index (Phi) is 6.51. The van der Waals surface area contributed by atoms with Gasteiger partial charge in [-0.2, -0.15) is 10.2 Å². The van der Waals surface area contributed by atoms with E-state index in [4.69, 9.17) is 0 Å². The summed E-state index contributed by atoms with van der Waals surface area (Å²) < 4.78 is 2.52. The zero-order chi connectivity index (χ0) is 23.2. The minimum absolute atomic E-state index is 0.00958. The molecule has 164 valence electrons. The van der Waals surface area contributed by atoms with Crippen molar-refractivity contribution in [2.45, 2.75) is 0 Å². The van der Waals surface area contributed by atoms with Crippen LogP contribution in [0.25, 0.3) is 16.9 Å². The minimum atomic E-state index is -0.521. The van der Waals surface area contributed by atoms with Gasteiger partial charge in [-0.05, 0) is 36.4 Å². The summed E-state index contributed by atoms with van der Waals surface area (Å²) in [5, 5.41) is 22.2. The number of nitro groups is 1. The summed E-state index contributed by atoms with van der Waals surface area (Å²) in [6.07, 6.45) is 6.33. The van der Waals surface area contributed by atoms with Gasteiger partial charge in [0, 0.05) is 40.1 Å². The van der Waals surface area contributed by atoms with E-state index < -0.39 is 11.0 Å². The number of urea groups is 1. The number of non-ortho nitro benzene ring substituents is 1. The van der Waals surface area contributed by atoms with E-state index in [0.29, 0.717) is 22.6 Å². The number of amides is 2. The van der Waals surface area contributed by atoms with E-state index >= 15 is 0 Å². The van der Waals surface area contributed by atoms with Gasteiger partial charge in [-0.15, -0.1) is 0 Å². The molecule has 4 rings (SSSR count). The van der Waals surface area contributed by atoms with Crippen LogP contribution in [0.4, 0.5) is 16.2 Å². The quantitative estimate of drug-likeness (QED) is 0.222. The normalized spacial score (nSPS) is 10.8. The van der Waals surface area contributed by atoms with Crippen molar-refractivity contribution >= 4 is 39.6 Å². The molecule has 2 amide bonds. The number of nitro benzene ring substituents is 1. The summed E-state index contributed by atoms with van der Waals surface area (Å²) in [4.78, 5) is 26.5. The van der Waals surface area contributed by atoms with Crippen LogP contribution in [0.5, 0.6) is 0 Å². The predicted molar refractivity (Wildman–Crippen MR) is 127 cm³/mol. The van der Waals surface area contributed by atoms with Gasteiger partial charge in [0.1, 0.15) is 5.69 Å². The highest BCUT2D eigenvalue weighted by Gasteiger charge is 2.13. The number of nitrogens with one attached hydrogen (secondary N) is 2. The van der Waals surface area contributed by atoms with Gasteiger partial charge in [0.2, 0.25) is 0 Å². The number of carbonyl (C=O) groups excluding carboxylic acids is 1. The second kappa shape index (κ2) is 9.83. The first-order valence-electron chi connectivity index (χ1n) is 9.60. The van der Waals surface area contributed by atoms with Crippen molar-refractivity contribution in [1.82, 2.24) is 20.2 Å². The van der Waals surface area contributed by atoms with Crippen LogP contribution in [0, 0.1) is 10.1 Å². The highest BCUT2D eigenvalue weighted by atomic mass is 79.9. The van der Waals surface area contributed by atoms with E-state index in [0.717, 1.165) is 10.0 Å². The molecular formula is C22H16BrN7O3. The Balaban J connectivity index is 1.59. The molecule has 2 aromatic carbocycles. The Bertz CT molecular complexity index is 1300. The lowest BCUT2D eigenvalue weighted by Gasteiger charge is -2.02. The Morgan fingerprint density at radius 2 is 1.88 bits per heavy atom. The van der Waals surface area contributed by atoms with Crippen LogP contribution in [-0.2, 0) is 0 Å². The molecule has 0 unspecified atom stereocenters. The molecule has 4 aromatic rings. The third-order valence-electron chi connectivity index (χ3n) is 4.47. The Morgan fingerprint density at radius 3 is 2.55 bits per heavy atom. The first-order chi connectivity index (χ1) is 16.0. The number of hydrogen-bond acceptors (Lipinski definition) is 6. The standard InChI is InChI=1S/C22H16BrN7O3/c23-17-5-3-15(4-6-17)21-16(12-25-27-22(31)26-18-2-1-11-24-13-18)14-29(28-21)19-7-9-20(10-8-19)30(32)33/h1-14H,(H2,26,27,31)/b25-12+. The number of anilines is 1. The number of carbonyl (C=O) groups is 1. The van der Waals surface area contributed by atoms with Gasteiger partial charge in [0.05, 0.1) is 28.7 Å². The molecule has 0 aliphatic rings. The maximum Gasteiger partial charge on any atom is 0.339 e. The van der Waals surface area contributed by atoms with Crippen molar-refractivity contribution in [3.8, 4) is 16.9 Å². The Morgan fingerprint density at radius 1 is 1.12 bits per heavy atom. The van der Waals surface area contributed by atoms with Gasteiger partial charge in [-0.25, -0.2) is 14.9 Å². The van der Waals surface area contributed by atoms with Crippen LogP contribution < -0.4 is 10.7 Å². The number of pyridine rings is 1. The number of halogens is 1. The van der Waals surface area contributed by atoms with Crippen LogP contribution >= 0.6 is 15.9 Å². The molecule has 0 atom stereocenters. The van der Waals surface area contributed by atoms with E-state index in [9.17, 15) is 14.9 Å². The molecule has 0 saturated heterocycles. The average molecular weight is 506 g/mol. The van der Waals surface area contributed by atoms with E-state index in [1.54, 1.807) is 41.3 Å². The number of hydrogen-bond donors (Lipinski definition) is 2. The molecule has 2 N–H and O–H groups in total. The molecule has 0 aliphatic carbocycles. The molecule has 2 heterocycles. The lowest BCUT2D eigenvalue weighted by molar-refractivity contribution is -0.384. The van der Waals surface area contributed by atoms with Gasteiger partial charge < -0.3 is 5.32 Å². The summed E-state index contributed by atoms with van der Waals surface area (Å²) >= 11 is 3.42. The van der Waals surface area contributed by atoms with E-state index in [-0.39, 0.29) is 5.69 Å². The number of nitrogens with zero attached hydrogens (tertiary/aromatic N) is 5. The van der Waals surface area contributed by atoms with Crippen molar-refractivity contribution in [3.05, 3.63) is 99.4 Å². The SMILES string of the molecule is O=C(N/N=C/c1cn(-c2ccc([N+](=O)[O-])cc2)nc1-c1ccc(Br)cc1)Nc1cccnc1. The molecule has 33 heavy (non-hydrogen) atoms. The van der Waals surface area contributed by atoms with Crippen LogP contribution in [0.3, 0.4) is 0 Å². The van der Waals surface area contributed by atoms with Crippen LogP contribution in [0.2, 0.25) is 0 Å². The fourth-order valence-electron chi connectivity index (χ4n) is 2.93. The van der Waals surface area contributed by atoms with E-state index in [1.165, 1.54) is 24.5 Å². The maximum atomic E-state index is 12.1. The first kappa shape index (κ1) is 21.8. The molecular weight excluding hydrogens is 490 g/mol. The summed E-state index contributed by atoms with van der Waals surface area (Å²) in [5.41, 5.74) is 5.67. The van der Waals surface area contributed by atoms with Gasteiger partial charge in [-0.1, -0.05) is 28.1 Å². The largest absolute Gasteiger partial charge is 0.339 e. The highest BCUT2D eigenvalue weighted by Crippen LogP contribution is 2.25. The van der Waals surface area contributed by atoms with Crippen molar-refractivity contribution < 1.29 is 9.72 Å². The number of rotatable bonds is 6. The molecule has 10 nitrogen and oxygen atoms in total. The number of hydrazone groups is 1. The summed E-state index contributed by atoms with van der Waals surface area (Å²) in [5.74, 6) is 0. The second-order valence-electron chi connectivity index (χ2n) is 6.72. The monoisotopic (exact) mass is 505 g/mol. The van der Waals surface area contributed by atoms with Gasteiger partial charge in [0.25, 0.3) is 5.69 Å². The number of aromatic nitrogens is 3. The van der Waals surface area contributed by atoms with E-state index in [1.807, 2.05) is 24.3 Å². The molecule has 0 fully saturated rings. The topological polar surface area (TPSA) is 127 Å². The van der Waals surface area contributed by atoms with Crippen molar-refractivity contribution in [1.29, 1.82) is 0 Å². The molecule has 0 saturated carbocycles. The molecule has 0 spiro atoms. The molecule has 0 bridgehead atoms. The summed E-state index contributed by atoms with van der Waals surface area (Å²) in [7, 11) is 0. The highest BCUT2D eigenvalue weighted by molar-refractivity contribution is 9.10. The fraction of sp³-hybridized carbons (Fsp3) is 0. The van der Waals surface area contributed by atoms with Crippen LogP contribution in [0.15, 0.2) is 88.8 Å². The second-order valence-corrected chi connectivity index (χ2v) is 7.64. The maximum absolute atomic E-state index is 12.1. The van der Waals surface area contributed by atoms with Crippen LogP contribution in [0.1, 0.15) is 5.56 Å². The third kappa shape index (κ3) is 5.46. The molecule has 0 radical (unpaired) electrons. The smallest absolute Gasteiger partial charge is 0.305 e. The van der Waals surface area contributed by atoms with Crippen LogP contribution in [-0.4, -0.2) is 31.9 Å². The van der Waals surface area contributed by atoms with Crippen molar-refractivity contribution in [2.75, 3.05) is 5.32 Å². The third-order valence-corrected chi connectivity index (χ3v) is 5.00. The predicted octanol–water partition coefficient (Wildman–Crippen LogP) is 4.76. The Hall–Kier alpha value is -4.38. The lowest BCUT2D eigenvalue weighted by Crippen LogP contribution is -2.24. The summed E-state index contributed by atoms with van der Waals surface area (Å²) in [6, 6.07) is 16.5. The lowest BCUT2D eigenvalue weighted by atomic mass is 10.1. The number of benzene rings is 2. The zero-order valence-corrected chi connectivity index (χ0v) is 18.5. The summed E-state index contributed by atoms with van der Waals surface area (Å²) in [6.45, 7) is 0. The van der Waals surface area contributed by atoms with Gasteiger partial charge in [0.15, 0.2) is 0 Å². The van der Waals surface area contributed by atoms with Gasteiger partial charge >= 0.3 is 6.03 Å². The Labute approximate surface area is 196 Å². The fourth-order valence-corrected chi connectivity index (χ4v) is 3.19. The minimum Gasteiger partial charge on any atom is -0.305 e. The van der Waals surface area contributed by atoms with Gasteiger partial charge in [-0.3, -0.25) is 15.1 Å². The van der Waals surface area contributed by atoms with E-state index in [2.05, 4.69) is 41.9 Å². The zero-order valence-electron chi connectivity index (χ0n) is 16.9. The van der Waals surface area contributed by atoms with Crippen molar-refractivity contribution in [2.24, 2.45) is 5.10 Å². The molecule has 11 heteroatoms. The van der Waals surface area contributed by atoms with Crippen molar-refractivity contribution in [3.63, 3.8) is 0 Å².